The average Bonchev–Trinajstić information content (AvgIpc) is 2.78. The Bertz CT molecular complexity index is 1280. The summed E-state index contributed by atoms with van der Waals surface area (Å²) in [5.74, 6) is 0. The van der Waals surface area contributed by atoms with Gasteiger partial charge in [0.1, 0.15) is 0 Å². The van der Waals surface area contributed by atoms with Crippen molar-refractivity contribution < 1.29 is 0 Å². The highest BCUT2D eigenvalue weighted by Gasteiger charge is 2.17. The van der Waals surface area contributed by atoms with Crippen molar-refractivity contribution in [1.82, 2.24) is 0 Å². The van der Waals surface area contributed by atoms with Crippen LogP contribution in [0.15, 0.2) is 113 Å². The predicted octanol–water partition coefficient (Wildman–Crippen LogP) is 9.88. The van der Waals surface area contributed by atoms with Crippen molar-refractivity contribution in [2.75, 3.05) is 0 Å². The van der Waals surface area contributed by atoms with Gasteiger partial charge in [0.05, 0.1) is 4.58 Å². The lowest BCUT2D eigenvalue weighted by molar-refractivity contribution is 1.34. The summed E-state index contributed by atoms with van der Waals surface area (Å²) in [6, 6.07) is 35.9. The number of halogens is 2. The first-order valence-corrected chi connectivity index (χ1v) is 12.4. The summed E-state index contributed by atoms with van der Waals surface area (Å²) in [6.45, 7) is 0. The summed E-state index contributed by atoms with van der Waals surface area (Å²) < 4.78 is 0.110. The Hall–Kier alpha value is -2.10. The number of fused-ring (bicyclic) bond motifs is 2. The first-order valence-electron chi connectivity index (χ1n) is 9.91. The van der Waals surface area contributed by atoms with Crippen LogP contribution in [0.1, 0.15) is 10.1 Å². The molecule has 0 nitrogen and oxygen atoms in total. The highest BCUT2D eigenvalue weighted by Crippen LogP contribution is 2.48. The molecule has 5 aromatic carbocycles. The maximum absolute atomic E-state index is 6.35. The van der Waals surface area contributed by atoms with Crippen molar-refractivity contribution in [2.45, 2.75) is 14.4 Å². The molecule has 0 saturated carbocycles. The molecular weight excluding hydrogens is 459 g/mol. The van der Waals surface area contributed by atoms with Crippen LogP contribution in [0, 0.1) is 0 Å². The van der Waals surface area contributed by atoms with Gasteiger partial charge in [0.15, 0.2) is 0 Å². The number of rotatable bonds is 5. The molecule has 0 atom stereocenters. The van der Waals surface area contributed by atoms with Gasteiger partial charge in [0.25, 0.3) is 0 Å². The topological polar surface area (TPSA) is 0 Å². The molecule has 0 bridgehead atoms. The molecule has 0 spiro atoms. The van der Waals surface area contributed by atoms with E-state index in [1.807, 2.05) is 35.7 Å². The first-order chi connectivity index (χ1) is 15.1. The second-order valence-electron chi connectivity index (χ2n) is 7.29. The molecule has 5 aromatic rings. The molecule has 152 valence electrons. The summed E-state index contributed by atoms with van der Waals surface area (Å²) in [5, 5.41) is 6.29. The van der Waals surface area contributed by atoms with E-state index in [0.29, 0.717) is 10.0 Å². The Kier molecular flexibility index (Phi) is 6.15. The third kappa shape index (κ3) is 4.88. The van der Waals surface area contributed by atoms with Crippen LogP contribution in [-0.4, -0.2) is 0 Å². The fourth-order valence-corrected chi connectivity index (χ4v) is 6.72. The lowest BCUT2D eigenvalue weighted by Gasteiger charge is -2.18. The Labute approximate surface area is 200 Å². The van der Waals surface area contributed by atoms with Crippen LogP contribution in [0.3, 0.4) is 0 Å². The summed E-state index contributed by atoms with van der Waals surface area (Å²) in [6.07, 6.45) is 0. The molecule has 4 heteroatoms. The van der Waals surface area contributed by atoms with Crippen LogP contribution in [-0.2, 0) is 0 Å². The van der Waals surface area contributed by atoms with Crippen LogP contribution in [0.25, 0.3) is 21.5 Å². The van der Waals surface area contributed by atoms with Gasteiger partial charge in [-0.1, -0.05) is 83.9 Å². The molecule has 0 aromatic heterocycles. The number of benzene rings is 5. The maximum Gasteiger partial charge on any atom is 0.0846 e. The van der Waals surface area contributed by atoms with E-state index < -0.39 is 0 Å². The number of thioether (sulfide) groups is 2. The standard InChI is InChI=1S/C27H18Cl2S2/c28-23-13-22(14-24(29)17-23)27(30-25-11-9-18-5-1-3-7-20(18)15-25)31-26-12-10-19-6-2-4-8-21(19)16-26/h1-17,27H. The molecule has 0 aliphatic rings. The van der Waals surface area contributed by atoms with Gasteiger partial charge in [-0.05, 0) is 69.6 Å². The summed E-state index contributed by atoms with van der Waals surface area (Å²) >= 11 is 16.3. The fourth-order valence-electron chi connectivity index (χ4n) is 3.60. The summed E-state index contributed by atoms with van der Waals surface area (Å²) in [5.41, 5.74) is 1.11. The van der Waals surface area contributed by atoms with E-state index in [2.05, 4.69) is 84.9 Å². The summed E-state index contributed by atoms with van der Waals surface area (Å²) in [7, 11) is 0. The fraction of sp³-hybridized carbons (Fsp3) is 0.0370. The highest BCUT2D eigenvalue weighted by atomic mass is 35.5. The van der Waals surface area contributed by atoms with Gasteiger partial charge in [0.2, 0.25) is 0 Å². The zero-order valence-corrected chi connectivity index (χ0v) is 19.6. The molecule has 0 N–H and O–H groups in total. The predicted molar refractivity (Wildman–Crippen MR) is 139 cm³/mol. The van der Waals surface area contributed by atoms with Crippen molar-refractivity contribution >= 4 is 68.3 Å². The molecule has 0 radical (unpaired) electrons. The van der Waals surface area contributed by atoms with E-state index in [4.69, 9.17) is 23.2 Å². The lowest BCUT2D eigenvalue weighted by Crippen LogP contribution is -1.91. The number of hydrogen-bond acceptors (Lipinski definition) is 2. The van der Waals surface area contributed by atoms with E-state index in [0.717, 1.165) is 5.56 Å². The highest BCUT2D eigenvalue weighted by molar-refractivity contribution is 8.16. The normalized spacial score (nSPS) is 11.5. The molecule has 0 heterocycles. The van der Waals surface area contributed by atoms with Crippen LogP contribution >= 0.6 is 46.7 Å². The minimum absolute atomic E-state index is 0.110. The van der Waals surface area contributed by atoms with E-state index in [-0.39, 0.29) is 4.58 Å². The average molecular weight is 477 g/mol. The maximum atomic E-state index is 6.35. The molecule has 0 amide bonds. The minimum Gasteiger partial charge on any atom is -0.106 e. The van der Waals surface area contributed by atoms with E-state index in [1.54, 1.807) is 6.07 Å². The van der Waals surface area contributed by atoms with Crippen LogP contribution in [0.4, 0.5) is 0 Å². The Balaban J connectivity index is 1.52. The first kappa shape index (κ1) is 20.8. The number of hydrogen-bond donors (Lipinski definition) is 0. The van der Waals surface area contributed by atoms with Gasteiger partial charge in [-0.2, -0.15) is 0 Å². The SMILES string of the molecule is Clc1cc(Cl)cc(C(Sc2ccc3ccccc3c2)Sc2ccc3ccccc3c2)c1. The van der Waals surface area contributed by atoms with Crippen LogP contribution in [0.2, 0.25) is 10.0 Å². The molecule has 0 aliphatic carbocycles. The second kappa shape index (κ2) is 9.18. The summed E-state index contributed by atoms with van der Waals surface area (Å²) in [4.78, 5) is 2.43. The largest absolute Gasteiger partial charge is 0.106 e. The van der Waals surface area contributed by atoms with Crippen molar-refractivity contribution in [3.8, 4) is 0 Å². The monoisotopic (exact) mass is 476 g/mol. The van der Waals surface area contributed by atoms with E-state index >= 15 is 0 Å². The Morgan fingerprint density at radius 3 is 1.42 bits per heavy atom. The van der Waals surface area contributed by atoms with Crippen molar-refractivity contribution in [3.63, 3.8) is 0 Å². The second-order valence-corrected chi connectivity index (χ2v) is 10.8. The third-order valence-electron chi connectivity index (χ3n) is 5.09. The molecule has 0 saturated heterocycles. The minimum atomic E-state index is 0.110. The van der Waals surface area contributed by atoms with Gasteiger partial charge in [-0.15, -0.1) is 23.5 Å². The van der Waals surface area contributed by atoms with Crippen LogP contribution < -0.4 is 0 Å². The zero-order valence-electron chi connectivity index (χ0n) is 16.5. The molecule has 5 rings (SSSR count). The smallest absolute Gasteiger partial charge is 0.0846 e. The van der Waals surface area contributed by atoms with E-state index in [1.165, 1.54) is 31.3 Å². The molecule has 0 aliphatic heterocycles. The van der Waals surface area contributed by atoms with Crippen molar-refractivity contribution in [3.05, 3.63) is 119 Å². The van der Waals surface area contributed by atoms with E-state index in [9.17, 15) is 0 Å². The van der Waals surface area contributed by atoms with Gasteiger partial charge >= 0.3 is 0 Å². The molecule has 0 fully saturated rings. The van der Waals surface area contributed by atoms with Gasteiger partial charge < -0.3 is 0 Å². The lowest BCUT2D eigenvalue weighted by atomic mass is 10.1. The van der Waals surface area contributed by atoms with Crippen molar-refractivity contribution in [1.29, 1.82) is 0 Å². The Morgan fingerprint density at radius 1 is 0.484 bits per heavy atom. The van der Waals surface area contributed by atoms with Gasteiger partial charge in [0, 0.05) is 19.8 Å². The van der Waals surface area contributed by atoms with Crippen LogP contribution in [0.5, 0.6) is 0 Å². The Morgan fingerprint density at radius 2 is 0.935 bits per heavy atom. The quantitative estimate of drug-likeness (QED) is 0.182. The molecule has 31 heavy (non-hydrogen) atoms. The van der Waals surface area contributed by atoms with Gasteiger partial charge in [-0.25, -0.2) is 0 Å². The van der Waals surface area contributed by atoms with Crippen molar-refractivity contribution in [2.24, 2.45) is 0 Å². The zero-order chi connectivity index (χ0) is 21.2. The van der Waals surface area contributed by atoms with Gasteiger partial charge in [-0.3, -0.25) is 0 Å². The molecular formula is C27H18Cl2S2. The third-order valence-corrected chi connectivity index (χ3v) is 8.12. The molecule has 0 unspecified atom stereocenters.